The van der Waals surface area contributed by atoms with Gasteiger partial charge in [-0.1, -0.05) is 6.07 Å². The number of nitrogens with two attached hydrogens (primary N) is 1. The molecule has 2 aromatic rings. The molecule has 0 radical (unpaired) electrons. The van der Waals surface area contributed by atoms with Crippen LogP contribution in [0, 0.1) is 0 Å². The minimum atomic E-state index is -1.19. The molecule has 0 spiro atoms. The highest BCUT2D eigenvalue weighted by molar-refractivity contribution is 6.06. The zero-order chi connectivity index (χ0) is 20.7. The number of anilines is 1. The summed E-state index contributed by atoms with van der Waals surface area (Å²) in [4.78, 5) is 56.2. The lowest BCUT2D eigenvalue weighted by Gasteiger charge is -2.35. The number of fused-ring (bicyclic) bond motifs is 1. The highest BCUT2D eigenvalue weighted by Gasteiger charge is 2.43. The Morgan fingerprint density at radius 1 is 1.21 bits per heavy atom. The molecule has 3 amide bonds. The normalized spacial score (nSPS) is 18.9. The van der Waals surface area contributed by atoms with Crippen molar-refractivity contribution in [1.82, 2.24) is 14.8 Å². The second-order valence-electron chi connectivity index (χ2n) is 6.98. The summed E-state index contributed by atoms with van der Waals surface area (Å²) in [6.07, 6.45) is 1.69. The van der Waals surface area contributed by atoms with Crippen molar-refractivity contribution in [3.05, 3.63) is 58.9 Å². The first kappa shape index (κ1) is 18.6. The van der Waals surface area contributed by atoms with E-state index in [2.05, 4.69) is 4.98 Å². The van der Waals surface area contributed by atoms with Gasteiger partial charge in [-0.25, -0.2) is 4.79 Å². The van der Waals surface area contributed by atoms with Gasteiger partial charge in [-0.3, -0.25) is 24.3 Å². The minimum absolute atomic E-state index is 0.0707. The fourth-order valence-corrected chi connectivity index (χ4v) is 3.82. The lowest BCUT2D eigenvalue weighted by atomic mass is 10.0. The van der Waals surface area contributed by atoms with Crippen LogP contribution in [0.25, 0.3) is 0 Å². The summed E-state index contributed by atoms with van der Waals surface area (Å²) in [6.45, 7) is -0.0585. The number of piperidine rings is 1. The molecule has 1 unspecified atom stereocenters. The maximum absolute atomic E-state index is 13.1. The number of rotatable bonds is 4. The van der Waals surface area contributed by atoms with Gasteiger partial charge in [0, 0.05) is 36.0 Å². The van der Waals surface area contributed by atoms with Gasteiger partial charge >= 0.3 is 5.97 Å². The Hall–Kier alpha value is -3.75. The van der Waals surface area contributed by atoms with E-state index in [1.54, 1.807) is 18.2 Å². The van der Waals surface area contributed by atoms with Gasteiger partial charge in [0.05, 0.1) is 17.8 Å². The number of nitrogen functional groups attached to an aromatic ring is 1. The molecule has 2 aliphatic heterocycles. The molecule has 3 N–H and O–H groups in total. The summed E-state index contributed by atoms with van der Waals surface area (Å²) in [5, 5.41) is 9.32. The van der Waals surface area contributed by atoms with E-state index in [1.165, 1.54) is 23.2 Å². The SMILES string of the molecule is Nc1cccc2c1CN(C1CCC(=O)N(Cc3ncccc3C(=O)O)C1=O)C2=O. The van der Waals surface area contributed by atoms with E-state index in [1.807, 2.05) is 0 Å². The third kappa shape index (κ3) is 3.10. The number of hydrogen-bond donors (Lipinski definition) is 2. The molecule has 2 aliphatic rings. The van der Waals surface area contributed by atoms with Gasteiger partial charge in [0.25, 0.3) is 11.8 Å². The van der Waals surface area contributed by atoms with E-state index >= 15 is 0 Å². The number of carbonyl (C=O) groups is 4. The molecule has 0 saturated carbocycles. The lowest BCUT2D eigenvalue weighted by Crippen LogP contribution is -2.54. The second kappa shape index (κ2) is 7.01. The van der Waals surface area contributed by atoms with Crippen molar-refractivity contribution >= 4 is 29.4 Å². The molecule has 29 heavy (non-hydrogen) atoms. The van der Waals surface area contributed by atoms with Crippen LogP contribution in [-0.4, -0.2) is 49.6 Å². The van der Waals surface area contributed by atoms with Crippen LogP contribution in [0.3, 0.4) is 0 Å². The van der Waals surface area contributed by atoms with Crippen LogP contribution >= 0.6 is 0 Å². The van der Waals surface area contributed by atoms with Crippen molar-refractivity contribution in [3.63, 3.8) is 0 Å². The van der Waals surface area contributed by atoms with Crippen LogP contribution in [0.15, 0.2) is 36.5 Å². The molecule has 4 rings (SSSR count). The number of amides is 3. The molecule has 1 saturated heterocycles. The summed E-state index contributed by atoms with van der Waals surface area (Å²) >= 11 is 0. The van der Waals surface area contributed by atoms with Gasteiger partial charge < -0.3 is 15.7 Å². The Labute approximate surface area is 165 Å². The number of carboxylic acids is 1. The van der Waals surface area contributed by atoms with Crippen LogP contribution in [0.4, 0.5) is 5.69 Å². The molecule has 9 nitrogen and oxygen atoms in total. The average Bonchev–Trinajstić information content (AvgIpc) is 3.03. The van der Waals surface area contributed by atoms with Gasteiger partial charge in [-0.2, -0.15) is 0 Å². The number of carbonyl (C=O) groups excluding carboxylic acids is 3. The van der Waals surface area contributed by atoms with Crippen molar-refractivity contribution in [2.24, 2.45) is 0 Å². The molecule has 0 bridgehead atoms. The number of aromatic nitrogens is 1. The third-order valence-electron chi connectivity index (χ3n) is 5.32. The highest BCUT2D eigenvalue weighted by atomic mass is 16.4. The molecule has 1 aromatic carbocycles. The van der Waals surface area contributed by atoms with Crippen LogP contribution in [-0.2, 0) is 22.7 Å². The van der Waals surface area contributed by atoms with Crippen molar-refractivity contribution < 1.29 is 24.3 Å². The largest absolute Gasteiger partial charge is 0.478 e. The van der Waals surface area contributed by atoms with Gasteiger partial charge in [0.1, 0.15) is 6.04 Å². The van der Waals surface area contributed by atoms with E-state index in [9.17, 15) is 24.3 Å². The summed E-state index contributed by atoms with van der Waals surface area (Å²) in [5.41, 5.74) is 7.61. The summed E-state index contributed by atoms with van der Waals surface area (Å²) in [6, 6.07) is 7.07. The van der Waals surface area contributed by atoms with E-state index in [4.69, 9.17) is 5.73 Å². The van der Waals surface area contributed by atoms with Crippen LogP contribution in [0.2, 0.25) is 0 Å². The Kier molecular flexibility index (Phi) is 4.50. The lowest BCUT2D eigenvalue weighted by molar-refractivity contribution is -0.153. The molecule has 1 aromatic heterocycles. The second-order valence-corrected chi connectivity index (χ2v) is 6.98. The molecule has 1 atom stereocenters. The van der Waals surface area contributed by atoms with E-state index in [-0.39, 0.29) is 43.1 Å². The maximum atomic E-state index is 13.1. The van der Waals surface area contributed by atoms with Gasteiger partial charge in [-0.15, -0.1) is 0 Å². The first-order valence-corrected chi connectivity index (χ1v) is 9.08. The fourth-order valence-electron chi connectivity index (χ4n) is 3.82. The quantitative estimate of drug-likeness (QED) is 0.584. The van der Waals surface area contributed by atoms with Crippen molar-refractivity contribution in [1.29, 1.82) is 0 Å². The predicted molar refractivity (Wildman–Crippen MR) is 101 cm³/mol. The summed E-state index contributed by atoms with van der Waals surface area (Å²) in [7, 11) is 0. The van der Waals surface area contributed by atoms with Crippen molar-refractivity contribution in [2.75, 3.05) is 5.73 Å². The molecule has 3 heterocycles. The van der Waals surface area contributed by atoms with Crippen LogP contribution in [0.1, 0.15) is 44.8 Å². The Morgan fingerprint density at radius 3 is 2.72 bits per heavy atom. The number of hydrogen-bond acceptors (Lipinski definition) is 6. The van der Waals surface area contributed by atoms with Gasteiger partial charge in [0.2, 0.25) is 5.91 Å². The van der Waals surface area contributed by atoms with Crippen molar-refractivity contribution in [2.45, 2.75) is 32.0 Å². The Bertz CT molecular complexity index is 1050. The smallest absolute Gasteiger partial charge is 0.337 e. The van der Waals surface area contributed by atoms with E-state index in [0.717, 1.165) is 4.90 Å². The first-order chi connectivity index (χ1) is 13.9. The van der Waals surface area contributed by atoms with Gasteiger partial charge in [-0.05, 0) is 30.7 Å². The number of carboxylic acid groups (broad SMARTS) is 1. The predicted octanol–water partition coefficient (Wildman–Crippen LogP) is 1.04. The molecule has 0 aliphatic carbocycles. The zero-order valence-corrected chi connectivity index (χ0v) is 15.4. The molecule has 9 heteroatoms. The van der Waals surface area contributed by atoms with Crippen LogP contribution < -0.4 is 5.73 Å². The third-order valence-corrected chi connectivity index (χ3v) is 5.32. The van der Waals surface area contributed by atoms with Crippen LogP contribution in [0.5, 0.6) is 0 Å². The summed E-state index contributed by atoms with van der Waals surface area (Å²) < 4.78 is 0. The molecule has 1 fully saturated rings. The summed E-state index contributed by atoms with van der Waals surface area (Å²) in [5.74, 6) is -2.45. The monoisotopic (exact) mass is 394 g/mol. The Balaban J connectivity index is 1.60. The molecular formula is C20H18N4O5. The number of pyridine rings is 1. The fraction of sp³-hybridized carbons (Fsp3) is 0.250. The Morgan fingerprint density at radius 2 is 2.00 bits per heavy atom. The minimum Gasteiger partial charge on any atom is -0.478 e. The van der Waals surface area contributed by atoms with Gasteiger partial charge in [0.15, 0.2) is 0 Å². The number of likely N-dealkylation sites (tertiary alicyclic amines) is 1. The first-order valence-electron chi connectivity index (χ1n) is 9.08. The standard InChI is InChI=1S/C20H18N4O5/c21-14-5-1-3-11-13(14)9-23(18(11)26)16-6-7-17(25)24(19(16)27)10-15-12(20(28)29)4-2-8-22-15/h1-5,8,16H,6-7,9-10,21H2,(H,28,29). The van der Waals surface area contributed by atoms with E-state index < -0.39 is 23.8 Å². The number of aromatic carboxylic acids is 1. The number of imide groups is 1. The maximum Gasteiger partial charge on any atom is 0.337 e. The number of nitrogens with zero attached hydrogens (tertiary/aromatic N) is 3. The highest BCUT2D eigenvalue weighted by Crippen LogP contribution is 2.32. The number of benzene rings is 1. The topological polar surface area (TPSA) is 134 Å². The molecule has 148 valence electrons. The zero-order valence-electron chi connectivity index (χ0n) is 15.4. The average molecular weight is 394 g/mol. The van der Waals surface area contributed by atoms with Crippen molar-refractivity contribution in [3.8, 4) is 0 Å². The molecular weight excluding hydrogens is 376 g/mol. The van der Waals surface area contributed by atoms with E-state index in [0.29, 0.717) is 16.8 Å².